The Kier molecular flexibility index (Phi) is 8.30. The molecule has 0 aromatic heterocycles. The fourth-order valence-corrected chi connectivity index (χ4v) is 0. The second kappa shape index (κ2) is 4.55. The molecule has 4 heteroatoms. The smallest absolute Gasteiger partial charge is 1.00 e. The lowest BCUT2D eigenvalue weighted by atomic mass is 11.4. The van der Waals surface area contributed by atoms with Crippen LogP contribution in [0, 0.1) is 5.41 Å². The van der Waals surface area contributed by atoms with E-state index in [2.05, 4.69) is 18.4 Å². The summed E-state index contributed by atoms with van der Waals surface area (Å²) in [5.74, 6) is 0. The standard InChI is InChI=1S/CH4N2S.HI/c2-1(3)4;/h(H4,2,3,4);1H. The summed E-state index contributed by atoms with van der Waals surface area (Å²) >= 11 is 3.33. The van der Waals surface area contributed by atoms with Crippen molar-refractivity contribution >= 4 is 17.8 Å². The lowest BCUT2D eigenvalue weighted by Crippen LogP contribution is -3.00. The Labute approximate surface area is 54.5 Å². The highest BCUT2D eigenvalue weighted by Gasteiger charge is 1.55. The molecule has 0 spiro atoms. The van der Waals surface area contributed by atoms with Crippen molar-refractivity contribution in [3.63, 3.8) is 0 Å². The van der Waals surface area contributed by atoms with Crippen LogP contribution < -0.4 is 29.7 Å². The van der Waals surface area contributed by atoms with E-state index in [-0.39, 0.29) is 30.6 Å². The summed E-state index contributed by atoms with van der Waals surface area (Å²) in [6, 6.07) is 0. The first-order chi connectivity index (χ1) is 1.73. The number of amidine groups is 1. The average Bonchev–Trinajstić information content (AvgIpc) is 0.811. The molecule has 0 aromatic carbocycles. The van der Waals surface area contributed by atoms with Gasteiger partial charge in [0, 0.05) is 0 Å². The minimum absolute atomic E-state index is 0. The highest BCUT2D eigenvalue weighted by atomic mass is 127. The number of hydrogen-bond donors (Lipinski definition) is 3. The molecule has 0 bridgehead atoms. The van der Waals surface area contributed by atoms with Crippen LogP contribution in [0.1, 0.15) is 1.43 Å². The molecule has 32 valence electrons. The second-order valence-electron chi connectivity index (χ2n) is 0.385. The van der Waals surface area contributed by atoms with Crippen molar-refractivity contribution in [2.75, 3.05) is 0 Å². The maximum absolute atomic E-state index is 6.14. The van der Waals surface area contributed by atoms with Gasteiger partial charge in [-0.15, -0.1) is 12.6 Å². The maximum atomic E-state index is 6.14. The van der Waals surface area contributed by atoms with E-state index in [0.717, 1.165) is 0 Å². The number of thiol groups is 1. The molecule has 3 N–H and O–H groups in total. The number of halogens is 1. The molecule has 2 nitrogen and oxygen atoms in total. The molecular weight excluding hydrogens is 199 g/mol. The summed E-state index contributed by atoms with van der Waals surface area (Å²) in [5.41, 5.74) is 4.56. The van der Waals surface area contributed by atoms with Gasteiger partial charge in [0.15, 0.2) is 0 Å². The Hall–Kier alpha value is 0.550. The molecule has 0 saturated carbocycles. The second-order valence-corrected chi connectivity index (χ2v) is 0.867. The van der Waals surface area contributed by atoms with Crippen molar-refractivity contribution in [3.8, 4) is 0 Å². The van der Waals surface area contributed by atoms with Crippen molar-refractivity contribution in [1.29, 1.82) is 5.41 Å². The van der Waals surface area contributed by atoms with Crippen molar-refractivity contribution in [3.05, 3.63) is 0 Å². The van der Waals surface area contributed by atoms with E-state index < -0.39 is 0 Å². The molecule has 0 atom stereocenters. The highest BCUT2D eigenvalue weighted by molar-refractivity contribution is 7.96. The number of nitrogens with two attached hydrogens (primary N) is 1. The number of nitrogens with one attached hydrogen (secondary N) is 1. The van der Waals surface area contributed by atoms with Crippen molar-refractivity contribution in [2.45, 2.75) is 0 Å². The van der Waals surface area contributed by atoms with E-state index in [1.807, 2.05) is 0 Å². The van der Waals surface area contributed by atoms with E-state index in [1.165, 1.54) is 0 Å². The van der Waals surface area contributed by atoms with Crippen LogP contribution in [0.2, 0.25) is 0 Å². The van der Waals surface area contributed by atoms with Gasteiger partial charge < -0.3 is 29.7 Å². The zero-order valence-electron chi connectivity index (χ0n) is 3.40. The van der Waals surface area contributed by atoms with Crippen LogP contribution >= 0.6 is 12.6 Å². The van der Waals surface area contributed by atoms with E-state index in [9.17, 15) is 0 Å². The van der Waals surface area contributed by atoms with Crippen LogP contribution in [0.25, 0.3) is 0 Å². The molecule has 0 amide bonds. The monoisotopic (exact) mass is 204 g/mol. The summed E-state index contributed by atoms with van der Waals surface area (Å²) in [6.45, 7) is 0. The van der Waals surface area contributed by atoms with Gasteiger partial charge in [-0.05, 0) is 0 Å². The molecule has 5 heavy (non-hydrogen) atoms. The van der Waals surface area contributed by atoms with Gasteiger partial charge in [-0.3, -0.25) is 5.41 Å². The Bertz CT molecular complexity index is 36.5. The maximum Gasteiger partial charge on any atom is 1.00 e. The fourth-order valence-electron chi connectivity index (χ4n) is 0. The van der Waals surface area contributed by atoms with Gasteiger partial charge in [-0.25, -0.2) is 0 Å². The fraction of sp³-hybridized carbons (Fsp3) is 0. The lowest BCUT2D eigenvalue weighted by molar-refractivity contribution is -0.00000114. The summed E-state index contributed by atoms with van der Waals surface area (Å²) < 4.78 is 0. The van der Waals surface area contributed by atoms with E-state index in [4.69, 9.17) is 5.41 Å². The van der Waals surface area contributed by atoms with Gasteiger partial charge >= 0.3 is 1.43 Å². The SMILES string of the molecule is N=C(N)S.[H+].[I-]. The largest absolute Gasteiger partial charge is 1.00 e. The van der Waals surface area contributed by atoms with E-state index in [1.54, 1.807) is 0 Å². The van der Waals surface area contributed by atoms with Crippen LogP contribution in [0.3, 0.4) is 0 Å². The summed E-state index contributed by atoms with van der Waals surface area (Å²) in [6.07, 6.45) is 0. The van der Waals surface area contributed by atoms with Crippen LogP contribution in [0.15, 0.2) is 0 Å². The van der Waals surface area contributed by atoms with Gasteiger partial charge in [0.25, 0.3) is 0 Å². The molecule has 0 heterocycles. The predicted octanol–water partition coefficient (Wildman–Crippen LogP) is -3.07. The minimum atomic E-state index is -0.139. The van der Waals surface area contributed by atoms with Gasteiger partial charge in [0.1, 0.15) is 5.17 Å². The molecule has 0 radical (unpaired) electrons. The Morgan fingerprint density at radius 2 is 2.00 bits per heavy atom. The molecule has 0 unspecified atom stereocenters. The van der Waals surface area contributed by atoms with Crippen LogP contribution in [0.5, 0.6) is 0 Å². The topological polar surface area (TPSA) is 49.9 Å². The third-order valence-electron chi connectivity index (χ3n) is 0. The zero-order chi connectivity index (χ0) is 3.58. The molecule has 0 aromatic rings. The minimum Gasteiger partial charge on any atom is -1.00 e. The predicted molar refractivity (Wildman–Crippen MR) is 22.0 cm³/mol. The third kappa shape index (κ3) is 97.8. The van der Waals surface area contributed by atoms with Gasteiger partial charge in [0.2, 0.25) is 0 Å². The average molecular weight is 204 g/mol. The normalized spacial score (nSPS) is 5.00. The number of rotatable bonds is 0. The first-order valence-corrected chi connectivity index (χ1v) is 1.21. The first-order valence-electron chi connectivity index (χ1n) is 0.762. The number of hydrogen-bond acceptors (Lipinski definition) is 1. The van der Waals surface area contributed by atoms with Crippen LogP contribution in [-0.2, 0) is 0 Å². The molecule has 0 aliphatic heterocycles. The Balaban J connectivity index is -0.0000000450. The van der Waals surface area contributed by atoms with Crippen molar-refractivity contribution in [1.82, 2.24) is 0 Å². The van der Waals surface area contributed by atoms with E-state index >= 15 is 0 Å². The first kappa shape index (κ1) is 9.12. The summed E-state index contributed by atoms with van der Waals surface area (Å²) in [5, 5.41) is 6.00. The van der Waals surface area contributed by atoms with Gasteiger partial charge in [-0.1, -0.05) is 0 Å². The molecule has 0 rings (SSSR count). The van der Waals surface area contributed by atoms with Crippen LogP contribution in [0.4, 0.5) is 0 Å². The molecule has 0 fully saturated rings. The molecular formula is CH5IN2S. The van der Waals surface area contributed by atoms with Crippen molar-refractivity contribution in [2.24, 2.45) is 5.73 Å². The lowest BCUT2D eigenvalue weighted by Gasteiger charge is -1.65. The Morgan fingerprint density at radius 3 is 2.00 bits per heavy atom. The highest BCUT2D eigenvalue weighted by Crippen LogP contribution is 1.56. The Morgan fingerprint density at radius 1 is 2.00 bits per heavy atom. The van der Waals surface area contributed by atoms with E-state index in [0.29, 0.717) is 0 Å². The zero-order valence-corrected chi connectivity index (χ0v) is 5.45. The molecule has 0 aliphatic rings. The third-order valence-corrected chi connectivity index (χ3v) is 0. The van der Waals surface area contributed by atoms with Gasteiger partial charge in [0.05, 0.1) is 0 Å². The van der Waals surface area contributed by atoms with Crippen molar-refractivity contribution < 1.29 is 25.4 Å². The quantitative estimate of drug-likeness (QED) is 0.167. The summed E-state index contributed by atoms with van der Waals surface area (Å²) in [4.78, 5) is 0. The molecule has 0 aliphatic carbocycles. The summed E-state index contributed by atoms with van der Waals surface area (Å²) in [7, 11) is 0. The van der Waals surface area contributed by atoms with Gasteiger partial charge in [-0.2, -0.15) is 0 Å². The van der Waals surface area contributed by atoms with Crippen LogP contribution in [-0.4, -0.2) is 5.17 Å². The molecule has 0 saturated heterocycles.